The SMILES string of the molecule is CCCNCC(c1cccc(O)c1)c1cccc(O)c1. The first-order valence-electron chi connectivity index (χ1n) is 6.99. The third-order valence-corrected chi connectivity index (χ3v) is 3.32. The molecule has 0 unspecified atom stereocenters. The zero-order valence-corrected chi connectivity index (χ0v) is 11.7. The number of phenolic OH excluding ortho intramolecular Hbond substituents is 2. The van der Waals surface area contributed by atoms with Gasteiger partial charge in [-0.3, -0.25) is 0 Å². The number of rotatable bonds is 6. The van der Waals surface area contributed by atoms with Gasteiger partial charge in [0.25, 0.3) is 0 Å². The van der Waals surface area contributed by atoms with Crippen LogP contribution >= 0.6 is 0 Å². The smallest absolute Gasteiger partial charge is 0.115 e. The lowest BCUT2D eigenvalue weighted by Gasteiger charge is -2.19. The van der Waals surface area contributed by atoms with Crippen LogP contribution in [0.25, 0.3) is 0 Å². The normalized spacial score (nSPS) is 10.9. The van der Waals surface area contributed by atoms with E-state index in [1.165, 1.54) is 0 Å². The maximum atomic E-state index is 9.67. The van der Waals surface area contributed by atoms with Gasteiger partial charge in [0.15, 0.2) is 0 Å². The van der Waals surface area contributed by atoms with E-state index >= 15 is 0 Å². The second-order valence-corrected chi connectivity index (χ2v) is 4.95. The monoisotopic (exact) mass is 271 g/mol. The van der Waals surface area contributed by atoms with Crippen molar-refractivity contribution in [1.29, 1.82) is 0 Å². The first-order valence-corrected chi connectivity index (χ1v) is 6.99. The summed E-state index contributed by atoms with van der Waals surface area (Å²) in [5.74, 6) is 0.645. The molecule has 3 nitrogen and oxygen atoms in total. The highest BCUT2D eigenvalue weighted by molar-refractivity contribution is 5.39. The fourth-order valence-electron chi connectivity index (χ4n) is 2.33. The van der Waals surface area contributed by atoms with Gasteiger partial charge in [-0.2, -0.15) is 0 Å². The van der Waals surface area contributed by atoms with E-state index in [-0.39, 0.29) is 17.4 Å². The largest absolute Gasteiger partial charge is 0.508 e. The van der Waals surface area contributed by atoms with Gasteiger partial charge < -0.3 is 15.5 Å². The summed E-state index contributed by atoms with van der Waals surface area (Å²) in [6.45, 7) is 3.86. The van der Waals surface area contributed by atoms with Crippen LogP contribution in [0.5, 0.6) is 11.5 Å². The number of phenols is 2. The van der Waals surface area contributed by atoms with Crippen molar-refractivity contribution in [1.82, 2.24) is 5.32 Å². The zero-order valence-electron chi connectivity index (χ0n) is 11.7. The quantitative estimate of drug-likeness (QED) is 0.707. The first kappa shape index (κ1) is 14.4. The van der Waals surface area contributed by atoms with E-state index in [4.69, 9.17) is 0 Å². The van der Waals surface area contributed by atoms with Crippen LogP contribution in [-0.4, -0.2) is 23.3 Å². The fourth-order valence-corrected chi connectivity index (χ4v) is 2.33. The summed E-state index contributed by atoms with van der Waals surface area (Å²) in [4.78, 5) is 0. The summed E-state index contributed by atoms with van der Waals surface area (Å²) >= 11 is 0. The van der Waals surface area contributed by atoms with Gasteiger partial charge in [0, 0.05) is 12.5 Å². The van der Waals surface area contributed by atoms with Gasteiger partial charge in [0.05, 0.1) is 0 Å². The van der Waals surface area contributed by atoms with Crippen LogP contribution in [0, 0.1) is 0 Å². The lowest BCUT2D eigenvalue weighted by atomic mass is 9.91. The molecule has 3 heteroatoms. The van der Waals surface area contributed by atoms with Crippen molar-refractivity contribution in [2.24, 2.45) is 0 Å². The molecule has 3 N–H and O–H groups in total. The summed E-state index contributed by atoms with van der Waals surface area (Å²) in [5, 5.41) is 22.7. The molecular weight excluding hydrogens is 250 g/mol. The van der Waals surface area contributed by atoms with Gasteiger partial charge in [-0.25, -0.2) is 0 Å². The molecule has 0 spiro atoms. The Morgan fingerprint density at radius 2 is 1.50 bits per heavy atom. The van der Waals surface area contributed by atoms with E-state index in [0.29, 0.717) is 0 Å². The summed E-state index contributed by atoms with van der Waals surface area (Å²) in [6.07, 6.45) is 1.08. The Hall–Kier alpha value is -2.00. The van der Waals surface area contributed by atoms with Gasteiger partial charge in [0.1, 0.15) is 11.5 Å². The topological polar surface area (TPSA) is 52.5 Å². The molecule has 0 aromatic heterocycles. The highest BCUT2D eigenvalue weighted by Crippen LogP contribution is 2.28. The van der Waals surface area contributed by atoms with Crippen molar-refractivity contribution in [3.8, 4) is 11.5 Å². The van der Waals surface area contributed by atoms with Gasteiger partial charge in [0.2, 0.25) is 0 Å². The molecule has 0 heterocycles. The minimum atomic E-state index is 0.112. The number of benzene rings is 2. The summed E-state index contributed by atoms with van der Waals surface area (Å²) in [5.41, 5.74) is 2.08. The zero-order chi connectivity index (χ0) is 14.4. The molecule has 0 amide bonds. The van der Waals surface area contributed by atoms with E-state index in [1.54, 1.807) is 24.3 Å². The van der Waals surface area contributed by atoms with Gasteiger partial charge in [-0.1, -0.05) is 31.2 Å². The molecule has 0 aliphatic rings. The summed E-state index contributed by atoms with van der Waals surface area (Å²) in [6, 6.07) is 14.6. The van der Waals surface area contributed by atoms with Gasteiger partial charge in [-0.15, -0.1) is 0 Å². The molecule has 0 bridgehead atoms. The van der Waals surface area contributed by atoms with Crippen LogP contribution < -0.4 is 5.32 Å². The molecule has 0 saturated heterocycles. The highest BCUT2D eigenvalue weighted by atomic mass is 16.3. The van der Waals surface area contributed by atoms with Crippen molar-refractivity contribution in [2.75, 3.05) is 13.1 Å². The highest BCUT2D eigenvalue weighted by Gasteiger charge is 2.14. The first-order chi connectivity index (χ1) is 9.70. The minimum absolute atomic E-state index is 0.112. The number of nitrogens with one attached hydrogen (secondary N) is 1. The number of aromatic hydroxyl groups is 2. The predicted molar refractivity (Wildman–Crippen MR) is 81.2 cm³/mol. The second kappa shape index (κ2) is 6.96. The third kappa shape index (κ3) is 3.75. The van der Waals surface area contributed by atoms with Crippen molar-refractivity contribution in [3.63, 3.8) is 0 Å². The van der Waals surface area contributed by atoms with E-state index in [2.05, 4.69) is 12.2 Å². The molecule has 2 aromatic carbocycles. The molecule has 20 heavy (non-hydrogen) atoms. The molecule has 2 aromatic rings. The maximum absolute atomic E-state index is 9.67. The third-order valence-electron chi connectivity index (χ3n) is 3.32. The average molecular weight is 271 g/mol. The Kier molecular flexibility index (Phi) is 5.02. The van der Waals surface area contributed by atoms with Crippen LogP contribution in [0.3, 0.4) is 0 Å². The Morgan fingerprint density at radius 3 is 1.95 bits per heavy atom. The van der Waals surface area contributed by atoms with E-state index in [0.717, 1.165) is 30.6 Å². The van der Waals surface area contributed by atoms with Gasteiger partial charge >= 0.3 is 0 Å². The summed E-state index contributed by atoms with van der Waals surface area (Å²) in [7, 11) is 0. The molecule has 0 aliphatic carbocycles. The lowest BCUT2D eigenvalue weighted by Crippen LogP contribution is -2.23. The molecule has 0 aliphatic heterocycles. The van der Waals surface area contributed by atoms with Crippen molar-refractivity contribution < 1.29 is 10.2 Å². The molecule has 0 fully saturated rings. The maximum Gasteiger partial charge on any atom is 0.115 e. The van der Waals surface area contributed by atoms with Crippen molar-refractivity contribution >= 4 is 0 Å². The minimum Gasteiger partial charge on any atom is -0.508 e. The Balaban J connectivity index is 2.29. The van der Waals surface area contributed by atoms with Crippen molar-refractivity contribution in [3.05, 3.63) is 59.7 Å². The fraction of sp³-hybridized carbons (Fsp3) is 0.294. The number of hydrogen-bond acceptors (Lipinski definition) is 3. The van der Waals surface area contributed by atoms with E-state index < -0.39 is 0 Å². The van der Waals surface area contributed by atoms with E-state index in [1.807, 2.05) is 24.3 Å². The molecule has 0 atom stereocenters. The molecule has 0 radical (unpaired) electrons. The summed E-state index contributed by atoms with van der Waals surface area (Å²) < 4.78 is 0. The van der Waals surface area contributed by atoms with Crippen LogP contribution in [0.2, 0.25) is 0 Å². The average Bonchev–Trinajstić information content (AvgIpc) is 2.43. The van der Waals surface area contributed by atoms with Crippen LogP contribution in [0.4, 0.5) is 0 Å². The van der Waals surface area contributed by atoms with Crippen LogP contribution in [0.1, 0.15) is 30.4 Å². The Labute approximate surface area is 119 Å². The lowest BCUT2D eigenvalue weighted by molar-refractivity contribution is 0.472. The van der Waals surface area contributed by atoms with Crippen LogP contribution in [0.15, 0.2) is 48.5 Å². The molecule has 106 valence electrons. The Bertz CT molecular complexity index is 509. The standard InChI is InChI=1S/C17H21NO2/c1-2-9-18-12-17(13-5-3-7-15(19)10-13)14-6-4-8-16(20)11-14/h3-8,10-11,17-20H,2,9,12H2,1H3. The molecular formula is C17H21NO2. The number of hydrogen-bond donors (Lipinski definition) is 3. The molecule has 2 rings (SSSR count). The van der Waals surface area contributed by atoms with Crippen molar-refractivity contribution in [2.45, 2.75) is 19.3 Å². The van der Waals surface area contributed by atoms with Crippen LogP contribution in [-0.2, 0) is 0 Å². The predicted octanol–water partition coefficient (Wildman–Crippen LogP) is 3.23. The Morgan fingerprint density at radius 1 is 0.950 bits per heavy atom. The van der Waals surface area contributed by atoms with E-state index in [9.17, 15) is 10.2 Å². The van der Waals surface area contributed by atoms with Gasteiger partial charge in [-0.05, 0) is 48.4 Å². The second-order valence-electron chi connectivity index (χ2n) is 4.95. The molecule has 0 saturated carbocycles.